The quantitative estimate of drug-likeness (QED) is 0.385. The molecule has 0 saturated carbocycles. The van der Waals surface area contributed by atoms with Crippen LogP contribution >= 0.6 is 0 Å². The van der Waals surface area contributed by atoms with Crippen molar-refractivity contribution in [3.63, 3.8) is 0 Å². The number of nitrogens with zero attached hydrogens (tertiary/aromatic N) is 3. The van der Waals surface area contributed by atoms with Crippen molar-refractivity contribution >= 4 is 38.2 Å². The Bertz CT molecular complexity index is 1380. The first-order valence-electron chi connectivity index (χ1n) is 8.75. The highest BCUT2D eigenvalue weighted by molar-refractivity contribution is 6.11. The van der Waals surface area contributed by atoms with Crippen LogP contribution in [0.15, 0.2) is 91.4 Å². The van der Waals surface area contributed by atoms with Gasteiger partial charge in [0.05, 0.1) is 16.7 Å². The number of benzene rings is 3. The standard InChI is InChI=1S/C23H15N3/c1-3-9-20-16(6-1)17-7-2-4-10-21(17)26(20)22-11-5-8-19-18(22)12-14-25-15-13-24-23(19)25/h1-15H. The zero-order valence-electron chi connectivity index (χ0n) is 14.0. The molecule has 26 heavy (non-hydrogen) atoms. The van der Waals surface area contributed by atoms with Gasteiger partial charge in [-0.15, -0.1) is 0 Å². The molecule has 6 rings (SSSR count). The summed E-state index contributed by atoms with van der Waals surface area (Å²) in [5, 5.41) is 4.93. The van der Waals surface area contributed by atoms with Crippen molar-refractivity contribution in [1.82, 2.24) is 14.0 Å². The van der Waals surface area contributed by atoms with Crippen molar-refractivity contribution in [1.29, 1.82) is 0 Å². The minimum atomic E-state index is 0.991. The van der Waals surface area contributed by atoms with Gasteiger partial charge in [0.15, 0.2) is 0 Å². The summed E-state index contributed by atoms with van der Waals surface area (Å²) in [5.74, 6) is 0. The number of pyridine rings is 1. The van der Waals surface area contributed by atoms with Crippen molar-refractivity contribution < 1.29 is 0 Å². The number of aromatic nitrogens is 3. The zero-order chi connectivity index (χ0) is 17.1. The molecule has 0 N–H and O–H groups in total. The summed E-state index contributed by atoms with van der Waals surface area (Å²) in [4.78, 5) is 4.55. The van der Waals surface area contributed by atoms with Crippen LogP contribution < -0.4 is 0 Å². The number of imidazole rings is 1. The predicted molar refractivity (Wildman–Crippen MR) is 107 cm³/mol. The van der Waals surface area contributed by atoms with Gasteiger partial charge in [-0.3, -0.25) is 0 Å². The maximum atomic E-state index is 4.55. The van der Waals surface area contributed by atoms with Crippen LogP contribution in [0.2, 0.25) is 0 Å². The summed E-state index contributed by atoms with van der Waals surface area (Å²) < 4.78 is 4.43. The molecule has 0 amide bonds. The second-order valence-corrected chi connectivity index (χ2v) is 6.58. The maximum Gasteiger partial charge on any atom is 0.144 e. The third kappa shape index (κ3) is 1.69. The zero-order valence-corrected chi connectivity index (χ0v) is 14.0. The van der Waals surface area contributed by atoms with E-state index in [9.17, 15) is 0 Å². The summed E-state index contributed by atoms with van der Waals surface area (Å²) in [6, 6.07) is 25.9. The maximum absolute atomic E-state index is 4.55. The van der Waals surface area contributed by atoms with E-state index in [1.807, 2.05) is 12.4 Å². The van der Waals surface area contributed by atoms with Crippen molar-refractivity contribution in [3.8, 4) is 5.69 Å². The molecule has 0 aliphatic heterocycles. The van der Waals surface area contributed by atoms with Gasteiger partial charge in [-0.2, -0.15) is 0 Å². The Balaban J connectivity index is 1.84. The highest BCUT2D eigenvalue weighted by atomic mass is 15.0. The van der Waals surface area contributed by atoms with E-state index in [0.717, 1.165) is 11.0 Å². The number of hydrogen-bond acceptors (Lipinski definition) is 1. The van der Waals surface area contributed by atoms with Gasteiger partial charge in [0.2, 0.25) is 0 Å². The molecule has 0 bridgehead atoms. The van der Waals surface area contributed by atoms with Crippen LogP contribution in [-0.4, -0.2) is 14.0 Å². The fourth-order valence-electron chi connectivity index (χ4n) is 4.10. The smallest absolute Gasteiger partial charge is 0.144 e. The first kappa shape index (κ1) is 13.7. The topological polar surface area (TPSA) is 22.2 Å². The number of hydrogen-bond donors (Lipinski definition) is 0. The number of rotatable bonds is 1. The second-order valence-electron chi connectivity index (χ2n) is 6.58. The largest absolute Gasteiger partial charge is 0.309 e. The third-order valence-corrected chi connectivity index (χ3v) is 5.22. The molecule has 0 aliphatic rings. The molecule has 122 valence electrons. The van der Waals surface area contributed by atoms with Crippen LogP contribution in [0.1, 0.15) is 0 Å². The minimum Gasteiger partial charge on any atom is -0.309 e. The van der Waals surface area contributed by atoms with E-state index in [1.165, 1.54) is 32.9 Å². The first-order chi connectivity index (χ1) is 12.9. The van der Waals surface area contributed by atoms with Gasteiger partial charge >= 0.3 is 0 Å². The van der Waals surface area contributed by atoms with Crippen molar-refractivity contribution in [2.75, 3.05) is 0 Å². The molecule has 0 spiro atoms. The molecule has 0 atom stereocenters. The van der Waals surface area contributed by atoms with E-state index in [-0.39, 0.29) is 0 Å². The van der Waals surface area contributed by atoms with Crippen LogP contribution in [0, 0.1) is 0 Å². The second kappa shape index (κ2) is 4.96. The van der Waals surface area contributed by atoms with Crippen LogP contribution in [0.3, 0.4) is 0 Å². The lowest BCUT2D eigenvalue weighted by atomic mass is 10.1. The normalized spacial score (nSPS) is 11.8. The molecule has 0 fully saturated rings. The van der Waals surface area contributed by atoms with E-state index in [1.54, 1.807) is 0 Å². The number of fused-ring (bicyclic) bond motifs is 6. The molecule has 0 radical (unpaired) electrons. The average Bonchev–Trinajstić information content (AvgIpc) is 3.30. The Hall–Kier alpha value is -3.59. The number of para-hydroxylation sites is 2. The fourth-order valence-corrected chi connectivity index (χ4v) is 4.10. The molecule has 3 nitrogen and oxygen atoms in total. The van der Waals surface area contributed by atoms with Crippen molar-refractivity contribution in [2.45, 2.75) is 0 Å². The van der Waals surface area contributed by atoms with E-state index < -0.39 is 0 Å². The molecular formula is C23H15N3. The highest BCUT2D eigenvalue weighted by Gasteiger charge is 2.14. The van der Waals surface area contributed by atoms with Crippen molar-refractivity contribution in [3.05, 3.63) is 91.4 Å². The van der Waals surface area contributed by atoms with Gasteiger partial charge in [-0.05, 0) is 24.3 Å². The molecule has 3 heterocycles. The predicted octanol–water partition coefficient (Wildman–Crippen LogP) is 5.58. The molecule has 6 aromatic rings. The van der Waals surface area contributed by atoms with Gasteiger partial charge in [0, 0.05) is 40.1 Å². The lowest BCUT2D eigenvalue weighted by Crippen LogP contribution is -1.96. The van der Waals surface area contributed by atoms with Crippen LogP contribution in [0.4, 0.5) is 0 Å². The van der Waals surface area contributed by atoms with E-state index in [4.69, 9.17) is 0 Å². The van der Waals surface area contributed by atoms with Gasteiger partial charge in [-0.25, -0.2) is 4.98 Å². The monoisotopic (exact) mass is 333 g/mol. The lowest BCUT2D eigenvalue weighted by molar-refractivity contribution is 1.18. The van der Waals surface area contributed by atoms with Gasteiger partial charge in [0.25, 0.3) is 0 Å². The Kier molecular flexibility index (Phi) is 2.61. The summed E-state index contributed by atoms with van der Waals surface area (Å²) in [6.45, 7) is 0. The van der Waals surface area contributed by atoms with Crippen LogP contribution in [0.25, 0.3) is 43.9 Å². The summed E-state index contributed by atoms with van der Waals surface area (Å²) in [6.07, 6.45) is 5.92. The van der Waals surface area contributed by atoms with Crippen LogP contribution in [-0.2, 0) is 0 Å². The molecule has 0 saturated heterocycles. The summed E-state index contributed by atoms with van der Waals surface area (Å²) in [7, 11) is 0. The Morgan fingerprint density at radius 3 is 2.04 bits per heavy atom. The molecular weight excluding hydrogens is 318 g/mol. The SMILES string of the molecule is c1ccc2c(c1)c1ccccc1n2-c1cccc2c1ccn1ccnc21. The average molecular weight is 333 g/mol. The molecule has 3 aromatic heterocycles. The fraction of sp³-hybridized carbons (Fsp3) is 0. The van der Waals surface area contributed by atoms with E-state index >= 15 is 0 Å². The Morgan fingerprint density at radius 2 is 1.27 bits per heavy atom. The van der Waals surface area contributed by atoms with Gasteiger partial charge in [-0.1, -0.05) is 48.5 Å². The van der Waals surface area contributed by atoms with E-state index in [0.29, 0.717) is 0 Å². The van der Waals surface area contributed by atoms with Gasteiger partial charge in [0.1, 0.15) is 5.65 Å². The highest BCUT2D eigenvalue weighted by Crippen LogP contribution is 2.34. The van der Waals surface area contributed by atoms with Gasteiger partial charge < -0.3 is 8.97 Å². The summed E-state index contributed by atoms with van der Waals surface area (Å²) >= 11 is 0. The third-order valence-electron chi connectivity index (χ3n) is 5.22. The molecule has 3 aromatic carbocycles. The summed E-state index contributed by atoms with van der Waals surface area (Å²) in [5.41, 5.74) is 4.63. The van der Waals surface area contributed by atoms with Crippen LogP contribution in [0.5, 0.6) is 0 Å². The first-order valence-corrected chi connectivity index (χ1v) is 8.75. The lowest BCUT2D eigenvalue weighted by Gasteiger charge is -2.12. The molecule has 3 heteroatoms. The Morgan fingerprint density at radius 1 is 0.577 bits per heavy atom. The Labute approximate surface area is 149 Å². The molecule has 0 unspecified atom stereocenters. The van der Waals surface area contributed by atoms with E-state index in [2.05, 4.69) is 92.9 Å². The minimum absolute atomic E-state index is 0.991. The molecule has 0 aliphatic carbocycles. The van der Waals surface area contributed by atoms with Crippen molar-refractivity contribution in [2.24, 2.45) is 0 Å².